The summed E-state index contributed by atoms with van der Waals surface area (Å²) in [4.78, 5) is 92.7. The number of esters is 5. The fourth-order valence-corrected chi connectivity index (χ4v) is 7.55. The number of hydrogen-bond acceptors (Lipinski definition) is 22. The largest absolute Gasteiger partial charge is 0.483 e. The molecule has 2 fully saturated rings. The quantitative estimate of drug-likeness (QED) is 0.0976. The van der Waals surface area contributed by atoms with E-state index >= 15 is 4.39 Å². The molecular weight excluding hydrogens is 795 g/mol. The number of aromatic nitrogens is 4. The summed E-state index contributed by atoms with van der Waals surface area (Å²) >= 11 is 0. The lowest BCUT2D eigenvalue weighted by atomic mass is 9.94. The Morgan fingerprint density at radius 2 is 1.51 bits per heavy atom. The van der Waals surface area contributed by atoms with Crippen molar-refractivity contribution in [2.45, 2.75) is 96.0 Å². The topological polar surface area (TPSA) is 342 Å². The molecule has 0 spiro atoms. The summed E-state index contributed by atoms with van der Waals surface area (Å²) < 4.78 is 93.0. The number of nitrogens with two attached hydrogens (primary N) is 1. The van der Waals surface area contributed by atoms with Gasteiger partial charge in [-0.25, -0.2) is 28.5 Å². The van der Waals surface area contributed by atoms with Crippen LogP contribution in [0, 0.1) is 0 Å². The molecule has 2 aromatic rings. The van der Waals surface area contributed by atoms with Crippen LogP contribution in [-0.2, 0) is 79.6 Å². The average Bonchev–Trinajstić information content (AvgIpc) is 3.60. The van der Waals surface area contributed by atoms with E-state index in [4.69, 9.17) is 43.4 Å². The molecule has 0 amide bonds. The number of rotatable bonds is 15. The molecule has 0 aromatic carbocycles. The number of halogens is 1. The predicted molar refractivity (Wildman–Crippen MR) is 170 cm³/mol. The lowest BCUT2D eigenvalue weighted by Crippen LogP contribution is -2.65. The van der Waals surface area contributed by atoms with Crippen LogP contribution in [0.5, 0.6) is 0 Å². The molecule has 28 heteroatoms. The van der Waals surface area contributed by atoms with Gasteiger partial charge in [0.15, 0.2) is 48.3 Å². The van der Waals surface area contributed by atoms with E-state index in [0.29, 0.717) is 0 Å². The molecule has 2 aromatic heterocycles. The van der Waals surface area contributed by atoms with Crippen molar-refractivity contribution >= 4 is 62.5 Å². The Bertz CT molecular complexity index is 1870. The van der Waals surface area contributed by atoms with Gasteiger partial charge >= 0.3 is 45.5 Å². The van der Waals surface area contributed by atoms with Crippen molar-refractivity contribution in [2.24, 2.45) is 0 Å². The minimum atomic E-state index is -5.98. The molecule has 25 nitrogen and oxygen atoms in total. The van der Waals surface area contributed by atoms with Crippen molar-refractivity contribution in [1.29, 1.82) is 0 Å². The highest BCUT2D eigenvalue weighted by Crippen LogP contribution is 2.62. The van der Waals surface area contributed by atoms with Crippen LogP contribution in [0.4, 0.5) is 10.2 Å². The summed E-state index contributed by atoms with van der Waals surface area (Å²) in [5.74, 6) is -5.26. The van der Waals surface area contributed by atoms with Crippen LogP contribution < -0.4 is 5.73 Å². The lowest BCUT2D eigenvalue weighted by molar-refractivity contribution is -0.301. The number of aliphatic hydroxyl groups is 1. The molecular formula is C27H36FN5O20P2. The van der Waals surface area contributed by atoms with Crippen LogP contribution in [0.1, 0.15) is 40.8 Å². The molecule has 0 radical (unpaired) electrons. The number of phosphoric acid groups is 2. The molecule has 12 atom stereocenters. The highest BCUT2D eigenvalue weighted by molar-refractivity contribution is 7.61. The average molecular weight is 832 g/mol. The second-order valence-corrected chi connectivity index (χ2v) is 14.6. The third-order valence-electron chi connectivity index (χ3n) is 7.37. The van der Waals surface area contributed by atoms with Crippen LogP contribution in [0.2, 0.25) is 0 Å². The van der Waals surface area contributed by atoms with Gasteiger partial charge < -0.3 is 53.8 Å². The summed E-state index contributed by atoms with van der Waals surface area (Å²) in [6.45, 7) is 2.53. The maximum atomic E-state index is 15.1. The van der Waals surface area contributed by atoms with Gasteiger partial charge in [-0.05, 0) is 0 Å². The zero-order valence-electron chi connectivity index (χ0n) is 29.3. The van der Waals surface area contributed by atoms with E-state index in [1.54, 1.807) is 0 Å². The van der Waals surface area contributed by atoms with Crippen molar-refractivity contribution in [3.8, 4) is 0 Å². The van der Waals surface area contributed by atoms with E-state index in [2.05, 4.69) is 23.8 Å². The number of carbonyl (C=O) groups excluding carboxylic acids is 5. The van der Waals surface area contributed by atoms with Gasteiger partial charge in [0.2, 0.25) is 6.29 Å². The van der Waals surface area contributed by atoms with Gasteiger partial charge in [0.05, 0.1) is 12.9 Å². The van der Waals surface area contributed by atoms with E-state index in [0.717, 1.165) is 51.8 Å². The van der Waals surface area contributed by atoms with Gasteiger partial charge in [0.25, 0.3) is 0 Å². The summed E-state index contributed by atoms with van der Waals surface area (Å²) in [7, 11) is -11.7. The molecule has 0 bridgehead atoms. The minimum absolute atomic E-state index is 0.0346. The molecule has 0 saturated carbocycles. The molecule has 55 heavy (non-hydrogen) atoms. The van der Waals surface area contributed by atoms with Gasteiger partial charge in [-0.15, -0.1) is 0 Å². The number of hydrogen-bond donors (Lipinski definition) is 4. The number of phosphoric ester groups is 2. The Morgan fingerprint density at radius 1 is 0.891 bits per heavy atom. The molecule has 5 unspecified atom stereocenters. The van der Waals surface area contributed by atoms with Crippen LogP contribution in [0.25, 0.3) is 11.2 Å². The van der Waals surface area contributed by atoms with Crippen LogP contribution in [-0.4, -0.2) is 133 Å². The summed E-state index contributed by atoms with van der Waals surface area (Å²) in [5, 5.41) is 10.5. The Hall–Kier alpha value is -4.23. The highest BCUT2D eigenvalue weighted by Gasteiger charge is 2.57. The Balaban J connectivity index is 1.57. The van der Waals surface area contributed by atoms with Crippen molar-refractivity contribution < 1.29 is 98.9 Å². The second kappa shape index (κ2) is 17.7. The van der Waals surface area contributed by atoms with Crippen LogP contribution in [0.15, 0.2) is 12.7 Å². The third kappa shape index (κ3) is 11.2. The molecule has 5 N–H and O–H groups in total. The molecule has 4 heterocycles. The van der Waals surface area contributed by atoms with Crippen molar-refractivity contribution in [2.75, 3.05) is 18.9 Å². The SMILES string of the molecule is CC(=O)OC[C@@H](OC(C)=O)C1O[C@@H](OP(=O)(O)OP(=O)(O)OC[C@H]2O[C@@H](n3cnc4c(N)ncnc43)[C@@H](O)[C@H]2F)C(OC(C)=O)C(OC(C)=O)[C@@H]1OC(C)=O. The normalized spacial score (nSPS) is 29.3. The number of carbonyl (C=O) groups is 5. The first-order valence-electron chi connectivity index (χ1n) is 15.7. The monoisotopic (exact) mass is 831 g/mol. The second-order valence-electron chi connectivity index (χ2n) is 11.6. The Morgan fingerprint density at radius 3 is 2.11 bits per heavy atom. The number of aliphatic hydroxyl groups excluding tert-OH is 1. The van der Waals surface area contributed by atoms with Crippen LogP contribution in [0.3, 0.4) is 0 Å². The first-order valence-corrected chi connectivity index (χ1v) is 18.7. The van der Waals surface area contributed by atoms with E-state index in [1.807, 2.05) is 0 Å². The smallest absolute Gasteiger partial charge is 0.462 e. The summed E-state index contributed by atoms with van der Waals surface area (Å²) in [6, 6.07) is 0. The summed E-state index contributed by atoms with van der Waals surface area (Å²) in [5.41, 5.74) is 5.88. The first kappa shape index (κ1) is 43.5. The van der Waals surface area contributed by atoms with Gasteiger partial charge in [0, 0.05) is 34.6 Å². The standard InChI is InChI=1S/C27H36FN5O20P2/c1-10(34)44-6-16(46-11(2)35)20-21(47-12(3)36)22(48-13(4)37)23(49-14(5)38)27(51-20)52-55(42,43)53-54(40,41)45-7-15-17(28)19(39)26(50-15)33-9-32-18-24(29)30-8-31-25(18)33/h8-9,15-17,19-23,26-27,39H,6-7H2,1-5H3,(H,40,41)(H,42,43)(H2,29,30,31)/t15-,16-,17+,19+,20?,21-,22?,23?,26-,27+/m1/s1. The number of fused-ring (bicyclic) bond motifs is 1. The minimum Gasteiger partial charge on any atom is -0.462 e. The molecule has 2 aliphatic rings. The number of anilines is 1. The van der Waals surface area contributed by atoms with E-state index in [9.17, 15) is 48.0 Å². The van der Waals surface area contributed by atoms with Crippen molar-refractivity contribution in [3.63, 3.8) is 0 Å². The van der Waals surface area contributed by atoms with Gasteiger partial charge in [-0.1, -0.05) is 0 Å². The number of alkyl halides is 1. The van der Waals surface area contributed by atoms with Gasteiger partial charge in [0.1, 0.15) is 36.8 Å². The number of ether oxygens (including phenoxy) is 7. The van der Waals surface area contributed by atoms with Gasteiger partial charge in [-0.2, -0.15) is 4.31 Å². The van der Waals surface area contributed by atoms with Crippen molar-refractivity contribution in [3.05, 3.63) is 12.7 Å². The zero-order valence-corrected chi connectivity index (χ0v) is 31.1. The zero-order chi connectivity index (χ0) is 41.0. The molecule has 4 rings (SSSR count). The fraction of sp³-hybridized carbons (Fsp3) is 0.630. The molecule has 2 saturated heterocycles. The maximum Gasteiger partial charge on any atom is 0.483 e. The third-order valence-corrected chi connectivity index (χ3v) is 9.97. The Labute approximate surface area is 308 Å². The first-order chi connectivity index (χ1) is 25.6. The van der Waals surface area contributed by atoms with Crippen LogP contribution >= 0.6 is 15.6 Å². The Kier molecular flexibility index (Phi) is 14.0. The summed E-state index contributed by atoms with van der Waals surface area (Å²) in [6.07, 6.45) is -17.4. The molecule has 2 aliphatic heterocycles. The number of imidazole rings is 1. The molecule has 0 aliphatic carbocycles. The maximum absolute atomic E-state index is 15.1. The lowest BCUT2D eigenvalue weighted by Gasteiger charge is -2.45. The van der Waals surface area contributed by atoms with E-state index in [-0.39, 0.29) is 17.0 Å². The number of nitrogens with zero attached hydrogens (tertiary/aromatic N) is 4. The van der Waals surface area contributed by atoms with E-state index < -0.39 is 120 Å². The fourth-order valence-electron chi connectivity index (χ4n) is 5.40. The number of nitrogen functional groups attached to an aromatic ring is 1. The van der Waals surface area contributed by atoms with E-state index in [1.165, 1.54) is 0 Å². The molecule has 306 valence electrons. The van der Waals surface area contributed by atoms with Gasteiger partial charge in [-0.3, -0.25) is 37.6 Å². The predicted octanol–water partition coefficient (Wildman–Crippen LogP) is -0.730. The van der Waals surface area contributed by atoms with Crippen molar-refractivity contribution in [1.82, 2.24) is 19.5 Å². The highest BCUT2D eigenvalue weighted by atomic mass is 31.3.